The fraction of sp³-hybridized carbons (Fsp3) is 0.375. The molecule has 8 nitrogen and oxygen atoms in total. The Morgan fingerprint density at radius 1 is 1.00 bits per heavy atom. The molecule has 1 fully saturated rings. The SMILES string of the molecule is CC(C)N1C(=O)C(=O)N(CC(=O)c2ccc(OC(F)F)cc2OC(F)F)C1=O. The summed E-state index contributed by atoms with van der Waals surface area (Å²) in [5.74, 6) is -4.74. The van der Waals surface area contributed by atoms with Crippen molar-refractivity contribution in [2.75, 3.05) is 6.54 Å². The molecule has 28 heavy (non-hydrogen) atoms. The summed E-state index contributed by atoms with van der Waals surface area (Å²) in [6.45, 7) is -4.60. The number of hydrogen-bond acceptors (Lipinski definition) is 6. The van der Waals surface area contributed by atoms with Crippen LogP contribution in [0.4, 0.5) is 22.4 Å². The number of rotatable bonds is 8. The molecule has 4 amide bonds. The fourth-order valence-corrected chi connectivity index (χ4v) is 2.45. The smallest absolute Gasteiger partial charge is 0.387 e. The van der Waals surface area contributed by atoms with Gasteiger partial charge in [0.25, 0.3) is 0 Å². The molecule has 1 saturated heterocycles. The third-order valence-corrected chi connectivity index (χ3v) is 3.60. The van der Waals surface area contributed by atoms with Gasteiger partial charge in [0.1, 0.15) is 11.5 Å². The number of amides is 4. The van der Waals surface area contributed by atoms with Gasteiger partial charge in [-0.15, -0.1) is 0 Å². The van der Waals surface area contributed by atoms with Crippen LogP contribution in [0.3, 0.4) is 0 Å². The highest BCUT2D eigenvalue weighted by Crippen LogP contribution is 2.28. The first-order chi connectivity index (χ1) is 13.0. The van der Waals surface area contributed by atoms with Crippen LogP contribution >= 0.6 is 0 Å². The molecule has 1 aliphatic rings. The summed E-state index contributed by atoms with van der Waals surface area (Å²) in [6.07, 6.45) is 0. The second-order valence-corrected chi connectivity index (χ2v) is 5.78. The van der Waals surface area contributed by atoms with Crippen molar-refractivity contribution in [1.82, 2.24) is 9.80 Å². The first-order valence-electron chi connectivity index (χ1n) is 7.78. The summed E-state index contributed by atoms with van der Waals surface area (Å²) in [6, 6.07) is 0.729. The van der Waals surface area contributed by atoms with Crippen molar-refractivity contribution in [1.29, 1.82) is 0 Å². The molecule has 0 bridgehead atoms. The van der Waals surface area contributed by atoms with Gasteiger partial charge in [-0.1, -0.05) is 0 Å². The van der Waals surface area contributed by atoms with E-state index < -0.39 is 66.5 Å². The van der Waals surface area contributed by atoms with E-state index >= 15 is 0 Å². The van der Waals surface area contributed by atoms with Crippen LogP contribution in [0, 0.1) is 0 Å². The van der Waals surface area contributed by atoms with E-state index in [2.05, 4.69) is 9.47 Å². The molecule has 0 aromatic heterocycles. The summed E-state index contributed by atoms with van der Waals surface area (Å²) in [5, 5.41) is 0. The first kappa shape index (κ1) is 21.1. The van der Waals surface area contributed by atoms with Crippen LogP contribution in [0.1, 0.15) is 24.2 Å². The quantitative estimate of drug-likeness (QED) is 0.285. The highest BCUT2D eigenvalue weighted by atomic mass is 19.3. The van der Waals surface area contributed by atoms with Crippen molar-refractivity contribution in [3.8, 4) is 11.5 Å². The Kier molecular flexibility index (Phi) is 6.21. The second kappa shape index (κ2) is 8.23. The number of imide groups is 2. The molecule has 0 atom stereocenters. The molecule has 1 aromatic rings. The summed E-state index contributed by atoms with van der Waals surface area (Å²) in [5.41, 5.74) is -0.516. The number of Topliss-reactive ketones (excluding diaryl/α,β-unsaturated/α-hetero) is 1. The van der Waals surface area contributed by atoms with Crippen LogP contribution in [-0.4, -0.2) is 59.2 Å². The predicted molar refractivity (Wildman–Crippen MR) is 83.1 cm³/mol. The minimum absolute atomic E-state index is 0.361. The van der Waals surface area contributed by atoms with E-state index in [0.717, 1.165) is 12.1 Å². The minimum atomic E-state index is -3.39. The Balaban J connectivity index is 2.29. The predicted octanol–water partition coefficient (Wildman–Crippen LogP) is 2.27. The van der Waals surface area contributed by atoms with Crippen molar-refractivity contribution < 1.29 is 46.2 Å². The Morgan fingerprint density at radius 2 is 1.61 bits per heavy atom. The van der Waals surface area contributed by atoms with E-state index in [0.29, 0.717) is 15.9 Å². The van der Waals surface area contributed by atoms with E-state index in [4.69, 9.17) is 0 Å². The topological polar surface area (TPSA) is 93.2 Å². The lowest BCUT2D eigenvalue weighted by Gasteiger charge is -2.18. The number of hydrogen-bond donors (Lipinski definition) is 0. The standard InChI is InChI=1S/C16H14F4N2O6/c1-7(2)22-13(25)12(24)21(16(22)26)6-10(23)9-4-3-8(27-14(17)18)5-11(9)28-15(19)20/h3-5,7,14-15H,6H2,1-2H3. The number of alkyl halides is 4. The molecule has 12 heteroatoms. The monoisotopic (exact) mass is 406 g/mol. The van der Waals surface area contributed by atoms with Crippen molar-refractivity contribution in [2.45, 2.75) is 33.1 Å². The first-order valence-corrected chi connectivity index (χ1v) is 7.78. The number of carbonyl (C=O) groups excluding carboxylic acids is 4. The average molecular weight is 406 g/mol. The summed E-state index contributed by atoms with van der Waals surface area (Å²) in [4.78, 5) is 49.4. The number of carbonyl (C=O) groups is 4. The van der Waals surface area contributed by atoms with Crippen molar-refractivity contribution in [2.24, 2.45) is 0 Å². The molecule has 2 rings (SSSR count). The van der Waals surface area contributed by atoms with E-state index in [1.54, 1.807) is 0 Å². The third kappa shape index (κ3) is 4.38. The number of nitrogens with zero attached hydrogens (tertiary/aromatic N) is 2. The highest BCUT2D eigenvalue weighted by Gasteiger charge is 2.46. The molecule has 0 spiro atoms. The van der Waals surface area contributed by atoms with Gasteiger partial charge in [0, 0.05) is 12.1 Å². The van der Waals surface area contributed by atoms with E-state index in [-0.39, 0.29) is 0 Å². The lowest BCUT2D eigenvalue weighted by molar-refractivity contribution is -0.143. The number of ketones is 1. The molecule has 0 aliphatic carbocycles. The number of ether oxygens (including phenoxy) is 2. The molecule has 0 unspecified atom stereocenters. The lowest BCUT2D eigenvalue weighted by Crippen LogP contribution is -2.39. The van der Waals surface area contributed by atoms with Crippen molar-refractivity contribution >= 4 is 23.6 Å². The Bertz CT molecular complexity index is 814. The van der Waals surface area contributed by atoms with Crippen molar-refractivity contribution in [3.63, 3.8) is 0 Å². The van der Waals surface area contributed by atoms with Crippen LogP contribution in [0.25, 0.3) is 0 Å². The Morgan fingerprint density at radius 3 is 2.11 bits per heavy atom. The molecule has 0 saturated carbocycles. The van der Waals surface area contributed by atoms with Crippen LogP contribution in [0.15, 0.2) is 18.2 Å². The zero-order valence-electron chi connectivity index (χ0n) is 14.5. The van der Waals surface area contributed by atoms with Gasteiger partial charge < -0.3 is 9.47 Å². The van der Waals surface area contributed by atoms with E-state index in [1.807, 2.05) is 0 Å². The highest BCUT2D eigenvalue weighted by molar-refractivity contribution is 6.45. The molecule has 0 radical (unpaired) electrons. The second-order valence-electron chi connectivity index (χ2n) is 5.78. The summed E-state index contributed by atoms with van der Waals surface area (Å²) >= 11 is 0. The van der Waals surface area contributed by atoms with Gasteiger partial charge in [0.05, 0.1) is 12.1 Å². The third-order valence-electron chi connectivity index (χ3n) is 3.60. The van der Waals surface area contributed by atoms with Gasteiger partial charge in [-0.25, -0.2) is 9.69 Å². The van der Waals surface area contributed by atoms with Gasteiger partial charge in [0.15, 0.2) is 5.78 Å². The largest absolute Gasteiger partial charge is 0.435 e. The molecule has 1 aromatic carbocycles. The molecule has 1 heterocycles. The maximum absolute atomic E-state index is 12.6. The normalized spacial score (nSPS) is 14.7. The molecule has 1 aliphatic heterocycles. The maximum Gasteiger partial charge on any atom is 0.387 e. The Hall–Kier alpha value is -3.18. The molecular weight excluding hydrogens is 392 g/mol. The summed E-state index contributed by atoms with van der Waals surface area (Å²) in [7, 11) is 0. The summed E-state index contributed by atoms with van der Waals surface area (Å²) < 4.78 is 57.9. The van der Waals surface area contributed by atoms with Crippen LogP contribution < -0.4 is 9.47 Å². The van der Waals surface area contributed by atoms with E-state index in [1.165, 1.54) is 13.8 Å². The minimum Gasteiger partial charge on any atom is -0.435 e. The fourth-order valence-electron chi connectivity index (χ4n) is 2.45. The molecular formula is C16H14F4N2O6. The number of urea groups is 1. The maximum atomic E-state index is 12.6. The van der Waals surface area contributed by atoms with Crippen LogP contribution in [0.5, 0.6) is 11.5 Å². The van der Waals surface area contributed by atoms with Gasteiger partial charge in [0.2, 0.25) is 0 Å². The van der Waals surface area contributed by atoms with Gasteiger partial charge in [-0.3, -0.25) is 19.3 Å². The number of benzene rings is 1. The van der Waals surface area contributed by atoms with Gasteiger partial charge in [-0.05, 0) is 26.0 Å². The number of halogens is 4. The lowest BCUT2D eigenvalue weighted by atomic mass is 10.1. The van der Waals surface area contributed by atoms with Crippen LogP contribution in [-0.2, 0) is 9.59 Å². The Labute approximate surface area is 155 Å². The van der Waals surface area contributed by atoms with Gasteiger partial charge in [-0.2, -0.15) is 17.6 Å². The molecule has 0 N–H and O–H groups in total. The van der Waals surface area contributed by atoms with Crippen molar-refractivity contribution in [3.05, 3.63) is 23.8 Å². The van der Waals surface area contributed by atoms with Gasteiger partial charge >= 0.3 is 31.1 Å². The zero-order chi connectivity index (χ0) is 21.2. The zero-order valence-corrected chi connectivity index (χ0v) is 14.5. The van der Waals surface area contributed by atoms with E-state index in [9.17, 15) is 36.7 Å². The van der Waals surface area contributed by atoms with Crippen LogP contribution in [0.2, 0.25) is 0 Å². The average Bonchev–Trinajstić information content (AvgIpc) is 2.77. The molecule has 152 valence electrons.